The van der Waals surface area contributed by atoms with E-state index in [0.29, 0.717) is 5.69 Å². The van der Waals surface area contributed by atoms with E-state index in [9.17, 15) is 14.4 Å². The maximum absolute atomic E-state index is 13.2. The summed E-state index contributed by atoms with van der Waals surface area (Å²) in [5, 5.41) is 2.30. The molecule has 2 aliphatic rings. The second kappa shape index (κ2) is 7.78. The van der Waals surface area contributed by atoms with Crippen molar-refractivity contribution in [3.8, 4) is 0 Å². The van der Waals surface area contributed by atoms with Crippen molar-refractivity contribution in [3.05, 3.63) is 64.2 Å². The topological polar surface area (TPSA) is 69.7 Å². The first-order valence-electron chi connectivity index (χ1n) is 10.2. The van der Waals surface area contributed by atoms with Gasteiger partial charge in [-0.15, -0.1) is 0 Å². The zero-order valence-electron chi connectivity index (χ0n) is 17.5. The SMILES string of the molecule is Cc1cc(N2CCCC2)ccc1/C=C1\C(=O)NC(=O)N(c2cccc(C)c2C)C1=O. The van der Waals surface area contributed by atoms with Crippen LogP contribution in [0.5, 0.6) is 0 Å². The summed E-state index contributed by atoms with van der Waals surface area (Å²) in [6.45, 7) is 7.83. The molecule has 0 aliphatic carbocycles. The largest absolute Gasteiger partial charge is 0.372 e. The Kier molecular flexibility index (Phi) is 5.16. The molecule has 2 heterocycles. The molecule has 0 aromatic heterocycles. The molecule has 30 heavy (non-hydrogen) atoms. The minimum atomic E-state index is -0.725. The summed E-state index contributed by atoms with van der Waals surface area (Å²) in [4.78, 5) is 41.5. The maximum atomic E-state index is 13.2. The van der Waals surface area contributed by atoms with Crippen LogP contribution in [0.1, 0.15) is 35.1 Å². The lowest BCUT2D eigenvalue weighted by atomic mass is 10.0. The zero-order valence-corrected chi connectivity index (χ0v) is 17.5. The van der Waals surface area contributed by atoms with Crippen LogP contribution in [-0.4, -0.2) is 30.9 Å². The van der Waals surface area contributed by atoms with E-state index in [1.807, 2.05) is 39.0 Å². The Morgan fingerprint density at radius 2 is 1.67 bits per heavy atom. The van der Waals surface area contributed by atoms with Crippen molar-refractivity contribution < 1.29 is 14.4 Å². The lowest BCUT2D eigenvalue weighted by molar-refractivity contribution is -0.122. The molecule has 0 radical (unpaired) electrons. The first-order valence-corrected chi connectivity index (χ1v) is 10.2. The zero-order chi connectivity index (χ0) is 21.4. The quantitative estimate of drug-likeness (QED) is 0.624. The maximum Gasteiger partial charge on any atom is 0.335 e. The highest BCUT2D eigenvalue weighted by Crippen LogP contribution is 2.28. The summed E-state index contributed by atoms with van der Waals surface area (Å²) in [6.07, 6.45) is 3.97. The van der Waals surface area contributed by atoms with E-state index >= 15 is 0 Å². The number of urea groups is 1. The third kappa shape index (κ3) is 3.49. The lowest BCUT2D eigenvalue weighted by Crippen LogP contribution is -2.54. The monoisotopic (exact) mass is 403 g/mol. The Bertz CT molecular complexity index is 1080. The van der Waals surface area contributed by atoms with Crippen LogP contribution in [0.15, 0.2) is 42.0 Å². The van der Waals surface area contributed by atoms with Crippen LogP contribution in [0.25, 0.3) is 6.08 Å². The van der Waals surface area contributed by atoms with E-state index in [4.69, 9.17) is 0 Å². The van der Waals surface area contributed by atoms with Crippen molar-refractivity contribution in [2.24, 2.45) is 0 Å². The Labute approximate surface area is 176 Å². The van der Waals surface area contributed by atoms with Gasteiger partial charge in [0.2, 0.25) is 0 Å². The van der Waals surface area contributed by atoms with Gasteiger partial charge in [0.15, 0.2) is 0 Å². The molecule has 0 atom stereocenters. The number of nitrogens with zero attached hydrogens (tertiary/aromatic N) is 2. The van der Waals surface area contributed by atoms with Gasteiger partial charge in [0, 0.05) is 18.8 Å². The van der Waals surface area contributed by atoms with Gasteiger partial charge in [-0.2, -0.15) is 0 Å². The number of anilines is 2. The van der Waals surface area contributed by atoms with E-state index in [-0.39, 0.29) is 5.57 Å². The second-order valence-electron chi connectivity index (χ2n) is 7.91. The number of rotatable bonds is 3. The van der Waals surface area contributed by atoms with Crippen LogP contribution < -0.4 is 15.1 Å². The smallest absolute Gasteiger partial charge is 0.335 e. The minimum absolute atomic E-state index is 0.0486. The van der Waals surface area contributed by atoms with Crippen LogP contribution in [0.4, 0.5) is 16.2 Å². The van der Waals surface area contributed by atoms with Crippen LogP contribution in [0.3, 0.4) is 0 Å². The van der Waals surface area contributed by atoms with Crippen molar-refractivity contribution in [2.45, 2.75) is 33.6 Å². The van der Waals surface area contributed by atoms with Crippen molar-refractivity contribution in [1.82, 2.24) is 5.32 Å². The van der Waals surface area contributed by atoms with Crippen molar-refractivity contribution in [3.63, 3.8) is 0 Å². The second-order valence-corrected chi connectivity index (χ2v) is 7.91. The summed E-state index contributed by atoms with van der Waals surface area (Å²) in [6, 6.07) is 10.7. The van der Waals surface area contributed by atoms with Gasteiger partial charge in [-0.25, -0.2) is 9.69 Å². The molecule has 4 amide bonds. The number of aryl methyl sites for hydroxylation is 2. The molecule has 2 fully saturated rings. The van der Waals surface area contributed by atoms with E-state index in [2.05, 4.69) is 16.3 Å². The molecule has 6 nitrogen and oxygen atoms in total. The Balaban J connectivity index is 1.70. The Morgan fingerprint density at radius 1 is 0.933 bits per heavy atom. The number of imide groups is 2. The minimum Gasteiger partial charge on any atom is -0.372 e. The third-order valence-corrected chi connectivity index (χ3v) is 5.94. The van der Waals surface area contributed by atoms with E-state index < -0.39 is 17.8 Å². The van der Waals surface area contributed by atoms with E-state index in [1.54, 1.807) is 18.2 Å². The molecular weight excluding hydrogens is 378 g/mol. The predicted octanol–water partition coefficient (Wildman–Crippen LogP) is 3.88. The number of barbiturate groups is 1. The number of carbonyl (C=O) groups is 3. The number of hydrogen-bond acceptors (Lipinski definition) is 4. The number of hydrogen-bond donors (Lipinski definition) is 1. The van der Waals surface area contributed by atoms with Gasteiger partial charge < -0.3 is 4.90 Å². The fourth-order valence-electron chi connectivity index (χ4n) is 4.00. The molecule has 0 unspecified atom stereocenters. The van der Waals surface area contributed by atoms with Crippen LogP contribution in [0, 0.1) is 20.8 Å². The van der Waals surface area contributed by atoms with Gasteiger partial charge in [-0.05, 0) is 80.1 Å². The average molecular weight is 403 g/mol. The fourth-order valence-corrected chi connectivity index (χ4v) is 4.00. The summed E-state index contributed by atoms with van der Waals surface area (Å²) >= 11 is 0. The van der Waals surface area contributed by atoms with Crippen molar-refractivity contribution in [1.29, 1.82) is 0 Å². The van der Waals surface area contributed by atoms with Crippen molar-refractivity contribution >= 4 is 35.3 Å². The van der Waals surface area contributed by atoms with Gasteiger partial charge in [0.25, 0.3) is 11.8 Å². The Hall–Kier alpha value is -3.41. The molecule has 2 aromatic rings. The van der Waals surface area contributed by atoms with Crippen LogP contribution in [0.2, 0.25) is 0 Å². The standard InChI is InChI=1S/C24H25N3O3/c1-15-7-6-8-21(17(15)3)27-23(29)20(22(28)25-24(27)30)14-18-9-10-19(13-16(18)2)26-11-4-5-12-26/h6-10,13-14H,4-5,11-12H2,1-3H3,(H,25,28,30)/b20-14+. The van der Waals surface area contributed by atoms with Gasteiger partial charge in [0.1, 0.15) is 5.57 Å². The van der Waals surface area contributed by atoms with Gasteiger partial charge in [0.05, 0.1) is 5.69 Å². The number of carbonyl (C=O) groups excluding carboxylic acids is 3. The highest BCUT2D eigenvalue weighted by atomic mass is 16.2. The third-order valence-electron chi connectivity index (χ3n) is 5.94. The fraction of sp³-hybridized carbons (Fsp3) is 0.292. The normalized spacial score (nSPS) is 18.4. The molecule has 2 aromatic carbocycles. The highest BCUT2D eigenvalue weighted by Gasteiger charge is 2.37. The number of amides is 4. The molecule has 0 bridgehead atoms. The summed E-state index contributed by atoms with van der Waals surface area (Å²) in [5.74, 6) is -1.28. The number of nitrogens with one attached hydrogen (secondary N) is 1. The molecule has 0 spiro atoms. The first kappa shape index (κ1) is 19.9. The molecule has 0 saturated carbocycles. The molecule has 1 N–H and O–H groups in total. The van der Waals surface area contributed by atoms with Crippen LogP contribution in [-0.2, 0) is 9.59 Å². The highest BCUT2D eigenvalue weighted by molar-refractivity contribution is 6.39. The molecule has 154 valence electrons. The van der Waals surface area contributed by atoms with Gasteiger partial charge in [-0.1, -0.05) is 18.2 Å². The van der Waals surface area contributed by atoms with Gasteiger partial charge >= 0.3 is 6.03 Å². The molecule has 4 rings (SSSR count). The predicted molar refractivity (Wildman–Crippen MR) is 118 cm³/mol. The number of benzene rings is 2. The molecule has 6 heteroatoms. The van der Waals surface area contributed by atoms with Crippen LogP contribution >= 0.6 is 0 Å². The first-order chi connectivity index (χ1) is 14.4. The summed E-state index contributed by atoms with van der Waals surface area (Å²) in [5.41, 5.74) is 5.13. The molecule has 2 saturated heterocycles. The van der Waals surface area contributed by atoms with E-state index in [0.717, 1.165) is 45.9 Å². The summed E-state index contributed by atoms with van der Waals surface area (Å²) < 4.78 is 0. The average Bonchev–Trinajstić information content (AvgIpc) is 3.24. The lowest BCUT2D eigenvalue weighted by Gasteiger charge is -2.28. The van der Waals surface area contributed by atoms with E-state index in [1.165, 1.54) is 12.8 Å². The van der Waals surface area contributed by atoms with Gasteiger partial charge in [-0.3, -0.25) is 14.9 Å². The molecular formula is C24H25N3O3. The summed E-state index contributed by atoms with van der Waals surface area (Å²) in [7, 11) is 0. The Morgan fingerprint density at radius 3 is 2.37 bits per heavy atom. The molecule has 2 aliphatic heterocycles. The van der Waals surface area contributed by atoms with Crippen molar-refractivity contribution in [2.75, 3.05) is 22.9 Å².